The molecule has 0 spiro atoms. The maximum atomic E-state index is 11.2. The standard InChI is InChI=1S/C12H18N2O3/c1-8(6-7-16-2)17-11-9(12(14)15)4-3-5-10(11)13/h3-5,8H,6-7,13H2,1-2H3,(H2,14,15). The number of carbonyl (C=O) groups is 1. The second-order valence-corrected chi connectivity index (χ2v) is 3.80. The molecule has 0 aliphatic carbocycles. The zero-order valence-electron chi connectivity index (χ0n) is 10.1. The average molecular weight is 238 g/mol. The van der Waals surface area contributed by atoms with Gasteiger partial charge in [-0.3, -0.25) is 4.79 Å². The van der Waals surface area contributed by atoms with Crippen LogP contribution < -0.4 is 16.2 Å². The van der Waals surface area contributed by atoms with Gasteiger partial charge < -0.3 is 20.9 Å². The Morgan fingerprint density at radius 3 is 2.76 bits per heavy atom. The normalized spacial score (nSPS) is 12.1. The first-order chi connectivity index (χ1) is 8.06. The van der Waals surface area contributed by atoms with Crippen molar-refractivity contribution in [2.75, 3.05) is 19.5 Å². The predicted octanol–water partition coefficient (Wildman–Crippen LogP) is 1.17. The fraction of sp³-hybridized carbons (Fsp3) is 0.417. The van der Waals surface area contributed by atoms with E-state index in [9.17, 15) is 4.79 Å². The highest BCUT2D eigenvalue weighted by Crippen LogP contribution is 2.27. The molecule has 1 atom stereocenters. The number of amides is 1. The molecule has 0 saturated heterocycles. The summed E-state index contributed by atoms with van der Waals surface area (Å²) in [6, 6.07) is 4.93. The van der Waals surface area contributed by atoms with E-state index in [2.05, 4.69) is 0 Å². The summed E-state index contributed by atoms with van der Waals surface area (Å²) in [5, 5.41) is 0. The van der Waals surface area contributed by atoms with E-state index in [1.54, 1.807) is 25.3 Å². The number of anilines is 1. The van der Waals surface area contributed by atoms with Gasteiger partial charge in [0.15, 0.2) is 5.75 Å². The number of methoxy groups -OCH3 is 1. The number of primary amides is 1. The molecule has 1 rings (SSSR count). The van der Waals surface area contributed by atoms with E-state index in [0.717, 1.165) is 0 Å². The number of benzene rings is 1. The summed E-state index contributed by atoms with van der Waals surface area (Å²) >= 11 is 0. The van der Waals surface area contributed by atoms with Crippen molar-refractivity contribution in [1.29, 1.82) is 0 Å². The van der Waals surface area contributed by atoms with Gasteiger partial charge in [-0.05, 0) is 19.1 Å². The van der Waals surface area contributed by atoms with Crippen molar-refractivity contribution in [3.8, 4) is 5.75 Å². The lowest BCUT2D eigenvalue weighted by Gasteiger charge is -2.17. The van der Waals surface area contributed by atoms with Crippen molar-refractivity contribution in [3.05, 3.63) is 23.8 Å². The van der Waals surface area contributed by atoms with E-state index in [1.807, 2.05) is 6.92 Å². The van der Waals surface area contributed by atoms with Crippen LogP contribution in [0.25, 0.3) is 0 Å². The van der Waals surface area contributed by atoms with E-state index in [0.29, 0.717) is 30.0 Å². The molecule has 0 aliphatic rings. The zero-order valence-corrected chi connectivity index (χ0v) is 10.1. The molecule has 94 valence electrons. The van der Waals surface area contributed by atoms with Crippen LogP contribution in [0, 0.1) is 0 Å². The number of nitrogen functional groups attached to an aromatic ring is 1. The zero-order chi connectivity index (χ0) is 12.8. The van der Waals surface area contributed by atoms with E-state index < -0.39 is 5.91 Å². The second-order valence-electron chi connectivity index (χ2n) is 3.80. The molecular weight excluding hydrogens is 220 g/mol. The first-order valence-electron chi connectivity index (χ1n) is 5.40. The fourth-order valence-electron chi connectivity index (χ4n) is 1.42. The molecule has 1 aromatic carbocycles. The third-order valence-electron chi connectivity index (χ3n) is 2.36. The molecule has 0 fully saturated rings. The Balaban J connectivity index is 2.85. The number of carbonyl (C=O) groups excluding carboxylic acids is 1. The Morgan fingerprint density at radius 2 is 2.18 bits per heavy atom. The summed E-state index contributed by atoms with van der Waals surface area (Å²) in [6.45, 7) is 2.47. The molecule has 0 heterocycles. The van der Waals surface area contributed by atoms with Crippen LogP contribution in [-0.4, -0.2) is 25.7 Å². The topological polar surface area (TPSA) is 87.6 Å². The van der Waals surface area contributed by atoms with Crippen molar-refractivity contribution in [2.24, 2.45) is 5.73 Å². The lowest BCUT2D eigenvalue weighted by atomic mass is 10.1. The third-order valence-corrected chi connectivity index (χ3v) is 2.36. The van der Waals surface area contributed by atoms with Gasteiger partial charge in [-0.25, -0.2) is 0 Å². The lowest BCUT2D eigenvalue weighted by Crippen LogP contribution is -2.19. The predicted molar refractivity (Wildman–Crippen MR) is 66.0 cm³/mol. The molecule has 5 heteroatoms. The molecule has 1 aromatic rings. The number of ether oxygens (including phenoxy) is 2. The molecular formula is C12H18N2O3. The highest BCUT2D eigenvalue weighted by Gasteiger charge is 2.14. The summed E-state index contributed by atoms with van der Waals surface area (Å²) in [5.41, 5.74) is 11.7. The van der Waals surface area contributed by atoms with Gasteiger partial charge in [0.05, 0.1) is 17.4 Å². The van der Waals surface area contributed by atoms with Crippen LogP contribution >= 0.6 is 0 Å². The van der Waals surface area contributed by atoms with Gasteiger partial charge in [0, 0.05) is 20.1 Å². The smallest absolute Gasteiger partial charge is 0.252 e. The number of nitrogens with two attached hydrogens (primary N) is 2. The van der Waals surface area contributed by atoms with Crippen molar-refractivity contribution in [1.82, 2.24) is 0 Å². The minimum absolute atomic E-state index is 0.0993. The first kappa shape index (κ1) is 13.3. The molecule has 4 N–H and O–H groups in total. The Hall–Kier alpha value is -1.75. The quantitative estimate of drug-likeness (QED) is 0.728. The van der Waals surface area contributed by atoms with Crippen LogP contribution in [0.2, 0.25) is 0 Å². The Bertz CT molecular complexity index is 393. The van der Waals surface area contributed by atoms with Gasteiger partial charge in [0.2, 0.25) is 0 Å². The van der Waals surface area contributed by atoms with Crippen LogP contribution in [0.15, 0.2) is 18.2 Å². The van der Waals surface area contributed by atoms with Crippen molar-refractivity contribution in [3.63, 3.8) is 0 Å². The maximum absolute atomic E-state index is 11.2. The van der Waals surface area contributed by atoms with E-state index in [1.165, 1.54) is 0 Å². The molecule has 0 aromatic heterocycles. The van der Waals surface area contributed by atoms with Gasteiger partial charge in [-0.1, -0.05) is 6.07 Å². The summed E-state index contributed by atoms with van der Waals surface area (Å²) < 4.78 is 10.6. The fourth-order valence-corrected chi connectivity index (χ4v) is 1.42. The Kier molecular flexibility index (Phi) is 4.78. The van der Waals surface area contributed by atoms with Crippen LogP contribution in [0.5, 0.6) is 5.75 Å². The number of rotatable bonds is 6. The van der Waals surface area contributed by atoms with E-state index in [-0.39, 0.29) is 6.10 Å². The molecule has 1 unspecified atom stereocenters. The largest absolute Gasteiger partial charge is 0.488 e. The maximum Gasteiger partial charge on any atom is 0.252 e. The second kappa shape index (κ2) is 6.10. The minimum Gasteiger partial charge on any atom is -0.488 e. The van der Waals surface area contributed by atoms with Crippen LogP contribution in [0.1, 0.15) is 23.7 Å². The molecule has 0 radical (unpaired) electrons. The molecule has 1 amide bonds. The SMILES string of the molecule is COCCC(C)Oc1c(N)cccc1C(N)=O. The molecule has 5 nitrogen and oxygen atoms in total. The average Bonchev–Trinajstić information content (AvgIpc) is 2.28. The van der Waals surface area contributed by atoms with Gasteiger partial charge >= 0.3 is 0 Å². The first-order valence-corrected chi connectivity index (χ1v) is 5.40. The molecule has 17 heavy (non-hydrogen) atoms. The van der Waals surface area contributed by atoms with Crippen molar-refractivity contribution < 1.29 is 14.3 Å². The highest BCUT2D eigenvalue weighted by molar-refractivity contribution is 5.97. The molecule has 0 aliphatic heterocycles. The van der Waals surface area contributed by atoms with E-state index in [4.69, 9.17) is 20.9 Å². The highest BCUT2D eigenvalue weighted by atomic mass is 16.5. The van der Waals surface area contributed by atoms with Crippen molar-refractivity contribution >= 4 is 11.6 Å². The minimum atomic E-state index is -0.550. The van der Waals surface area contributed by atoms with Gasteiger partial charge in [-0.2, -0.15) is 0 Å². The Morgan fingerprint density at radius 1 is 1.47 bits per heavy atom. The van der Waals surface area contributed by atoms with Gasteiger partial charge in [-0.15, -0.1) is 0 Å². The lowest BCUT2D eigenvalue weighted by molar-refractivity contribution is 0.0989. The van der Waals surface area contributed by atoms with Crippen LogP contribution in [0.4, 0.5) is 5.69 Å². The summed E-state index contributed by atoms with van der Waals surface area (Å²) in [6.07, 6.45) is 0.612. The van der Waals surface area contributed by atoms with Gasteiger partial charge in [0.25, 0.3) is 5.91 Å². The summed E-state index contributed by atoms with van der Waals surface area (Å²) in [7, 11) is 1.62. The number of hydrogen-bond acceptors (Lipinski definition) is 4. The summed E-state index contributed by atoms with van der Waals surface area (Å²) in [4.78, 5) is 11.2. The van der Waals surface area contributed by atoms with Crippen LogP contribution in [-0.2, 0) is 4.74 Å². The molecule has 0 bridgehead atoms. The van der Waals surface area contributed by atoms with Gasteiger partial charge in [0.1, 0.15) is 0 Å². The van der Waals surface area contributed by atoms with Crippen LogP contribution in [0.3, 0.4) is 0 Å². The summed E-state index contributed by atoms with van der Waals surface area (Å²) in [5.74, 6) is -0.199. The number of para-hydroxylation sites is 1. The Labute approximate surface area is 101 Å². The molecule has 0 saturated carbocycles. The monoisotopic (exact) mass is 238 g/mol. The van der Waals surface area contributed by atoms with E-state index >= 15 is 0 Å². The number of hydrogen-bond donors (Lipinski definition) is 2. The van der Waals surface area contributed by atoms with Crippen molar-refractivity contribution in [2.45, 2.75) is 19.4 Å². The third kappa shape index (κ3) is 3.64.